The van der Waals surface area contributed by atoms with Crippen molar-refractivity contribution in [3.63, 3.8) is 0 Å². The molecule has 108 valence electrons. The van der Waals surface area contributed by atoms with Crippen LogP contribution < -0.4 is 5.32 Å². The summed E-state index contributed by atoms with van der Waals surface area (Å²) in [4.78, 5) is 23.6. The van der Waals surface area contributed by atoms with Gasteiger partial charge in [-0.05, 0) is 17.7 Å². The van der Waals surface area contributed by atoms with Crippen LogP contribution in [0.25, 0.3) is 0 Å². The van der Waals surface area contributed by atoms with Crippen LogP contribution in [0.15, 0.2) is 60.7 Å². The minimum absolute atomic E-state index is 0.323. The molecule has 4 nitrogen and oxygen atoms in total. The van der Waals surface area contributed by atoms with E-state index in [1.807, 2.05) is 30.3 Å². The molecule has 0 fully saturated rings. The fourth-order valence-corrected chi connectivity index (χ4v) is 2.16. The van der Waals surface area contributed by atoms with E-state index in [2.05, 4.69) is 5.32 Å². The quantitative estimate of drug-likeness (QED) is 0.886. The predicted octanol–water partition coefficient (Wildman–Crippen LogP) is 2.67. The largest absolute Gasteiger partial charge is 0.480 e. The second-order valence-corrected chi connectivity index (χ2v) is 4.85. The van der Waals surface area contributed by atoms with Gasteiger partial charge in [-0.15, -0.1) is 0 Å². The Kier molecular flexibility index (Phi) is 4.72. The molecule has 1 amide bonds. The van der Waals surface area contributed by atoms with E-state index in [1.165, 1.54) is 0 Å². The lowest BCUT2D eigenvalue weighted by molar-refractivity contribution is -0.139. The molecule has 2 atom stereocenters. The SMILES string of the molecule is CC(c1ccccc1)[C@@H](NC(=O)c1ccccc1)C(=O)O. The average Bonchev–Trinajstić information content (AvgIpc) is 2.53. The Bertz CT molecular complexity index is 610. The van der Waals surface area contributed by atoms with E-state index >= 15 is 0 Å². The monoisotopic (exact) mass is 283 g/mol. The van der Waals surface area contributed by atoms with Gasteiger partial charge in [0.25, 0.3) is 5.91 Å². The highest BCUT2D eigenvalue weighted by molar-refractivity contribution is 5.96. The lowest BCUT2D eigenvalue weighted by atomic mass is 9.93. The van der Waals surface area contributed by atoms with E-state index in [9.17, 15) is 14.7 Å². The molecular formula is C17H17NO3. The first-order chi connectivity index (χ1) is 10.1. The Balaban J connectivity index is 2.17. The van der Waals surface area contributed by atoms with Crippen molar-refractivity contribution in [3.8, 4) is 0 Å². The summed E-state index contributed by atoms with van der Waals surface area (Å²) in [6.07, 6.45) is 0. The summed E-state index contributed by atoms with van der Waals surface area (Å²) in [7, 11) is 0. The molecule has 0 aliphatic rings. The zero-order valence-corrected chi connectivity index (χ0v) is 11.7. The van der Waals surface area contributed by atoms with Gasteiger partial charge in [-0.2, -0.15) is 0 Å². The number of hydrogen-bond acceptors (Lipinski definition) is 2. The number of nitrogens with one attached hydrogen (secondary N) is 1. The van der Waals surface area contributed by atoms with Gasteiger partial charge in [0.15, 0.2) is 0 Å². The minimum Gasteiger partial charge on any atom is -0.480 e. The summed E-state index contributed by atoms with van der Waals surface area (Å²) in [5.74, 6) is -1.75. The zero-order chi connectivity index (χ0) is 15.2. The number of carboxylic acids is 1. The van der Waals surface area contributed by atoms with Gasteiger partial charge in [0, 0.05) is 11.5 Å². The van der Waals surface area contributed by atoms with Crippen molar-refractivity contribution < 1.29 is 14.7 Å². The number of carboxylic acid groups (broad SMARTS) is 1. The highest BCUT2D eigenvalue weighted by Crippen LogP contribution is 2.19. The van der Waals surface area contributed by atoms with E-state index < -0.39 is 12.0 Å². The van der Waals surface area contributed by atoms with Crippen LogP contribution in [-0.2, 0) is 4.79 Å². The highest BCUT2D eigenvalue weighted by atomic mass is 16.4. The van der Waals surface area contributed by atoms with Crippen molar-refractivity contribution in [3.05, 3.63) is 71.8 Å². The number of carbonyl (C=O) groups excluding carboxylic acids is 1. The van der Waals surface area contributed by atoms with Gasteiger partial charge in [0.05, 0.1) is 0 Å². The van der Waals surface area contributed by atoms with E-state index in [1.54, 1.807) is 37.3 Å². The number of carbonyl (C=O) groups is 2. The first kappa shape index (κ1) is 14.8. The van der Waals surface area contributed by atoms with Crippen molar-refractivity contribution in [2.75, 3.05) is 0 Å². The maximum atomic E-state index is 12.1. The van der Waals surface area contributed by atoms with Crippen molar-refractivity contribution in [2.24, 2.45) is 0 Å². The first-order valence-corrected chi connectivity index (χ1v) is 6.73. The summed E-state index contributed by atoms with van der Waals surface area (Å²) in [5.41, 5.74) is 1.32. The third kappa shape index (κ3) is 3.69. The van der Waals surface area contributed by atoms with Gasteiger partial charge in [-0.1, -0.05) is 55.5 Å². The third-order valence-electron chi connectivity index (χ3n) is 3.41. The van der Waals surface area contributed by atoms with Crippen molar-refractivity contribution >= 4 is 11.9 Å². The lowest BCUT2D eigenvalue weighted by Crippen LogP contribution is -2.44. The van der Waals surface area contributed by atoms with Crippen LogP contribution in [0.3, 0.4) is 0 Å². The molecule has 2 N–H and O–H groups in total. The summed E-state index contributed by atoms with van der Waals surface area (Å²) < 4.78 is 0. The Morgan fingerprint density at radius 1 is 0.952 bits per heavy atom. The van der Waals surface area contributed by atoms with Crippen LogP contribution in [0.2, 0.25) is 0 Å². The smallest absolute Gasteiger partial charge is 0.326 e. The molecular weight excluding hydrogens is 266 g/mol. The van der Waals surface area contributed by atoms with E-state index in [4.69, 9.17) is 0 Å². The highest BCUT2D eigenvalue weighted by Gasteiger charge is 2.27. The van der Waals surface area contributed by atoms with Crippen LogP contribution >= 0.6 is 0 Å². The summed E-state index contributed by atoms with van der Waals surface area (Å²) in [6.45, 7) is 1.79. The van der Waals surface area contributed by atoms with Crippen LogP contribution in [-0.4, -0.2) is 23.0 Å². The van der Waals surface area contributed by atoms with Crippen LogP contribution in [0.4, 0.5) is 0 Å². The molecule has 0 heterocycles. The van der Waals surface area contributed by atoms with Gasteiger partial charge >= 0.3 is 5.97 Å². The fraction of sp³-hybridized carbons (Fsp3) is 0.176. The van der Waals surface area contributed by atoms with E-state index in [0.29, 0.717) is 5.56 Å². The fourth-order valence-electron chi connectivity index (χ4n) is 2.16. The van der Waals surface area contributed by atoms with Crippen molar-refractivity contribution in [1.82, 2.24) is 5.32 Å². The molecule has 1 unspecified atom stereocenters. The molecule has 2 aromatic rings. The number of aliphatic carboxylic acids is 1. The summed E-state index contributed by atoms with van der Waals surface area (Å²) in [5, 5.41) is 12.0. The van der Waals surface area contributed by atoms with Gasteiger partial charge in [-0.3, -0.25) is 4.79 Å². The van der Waals surface area contributed by atoms with Gasteiger partial charge < -0.3 is 10.4 Å². The molecule has 0 saturated heterocycles. The molecule has 2 rings (SSSR count). The Hall–Kier alpha value is -2.62. The first-order valence-electron chi connectivity index (χ1n) is 6.73. The molecule has 0 bridgehead atoms. The molecule has 0 aromatic heterocycles. The zero-order valence-electron chi connectivity index (χ0n) is 11.7. The lowest BCUT2D eigenvalue weighted by Gasteiger charge is -2.21. The number of amides is 1. The predicted molar refractivity (Wildman–Crippen MR) is 80.2 cm³/mol. The Labute approximate surface area is 123 Å². The number of hydrogen-bond donors (Lipinski definition) is 2. The Morgan fingerprint density at radius 3 is 2.00 bits per heavy atom. The molecule has 21 heavy (non-hydrogen) atoms. The average molecular weight is 283 g/mol. The van der Waals surface area contributed by atoms with E-state index in [-0.39, 0.29) is 11.8 Å². The molecule has 0 aliphatic heterocycles. The van der Waals surface area contributed by atoms with Gasteiger partial charge in [-0.25, -0.2) is 4.79 Å². The third-order valence-corrected chi connectivity index (χ3v) is 3.41. The van der Waals surface area contributed by atoms with Gasteiger partial charge in [0.2, 0.25) is 0 Å². The van der Waals surface area contributed by atoms with Crippen LogP contribution in [0.1, 0.15) is 28.8 Å². The number of rotatable bonds is 5. The molecule has 0 spiro atoms. The molecule has 0 radical (unpaired) electrons. The summed E-state index contributed by atoms with van der Waals surface area (Å²) >= 11 is 0. The summed E-state index contributed by atoms with van der Waals surface area (Å²) in [6, 6.07) is 16.9. The molecule has 0 aliphatic carbocycles. The van der Waals surface area contributed by atoms with Crippen LogP contribution in [0, 0.1) is 0 Å². The van der Waals surface area contributed by atoms with Crippen molar-refractivity contribution in [1.29, 1.82) is 0 Å². The second kappa shape index (κ2) is 6.70. The van der Waals surface area contributed by atoms with Crippen molar-refractivity contribution in [2.45, 2.75) is 18.9 Å². The Morgan fingerprint density at radius 2 is 1.48 bits per heavy atom. The molecule has 2 aromatic carbocycles. The standard InChI is InChI=1S/C17H17NO3/c1-12(13-8-4-2-5-9-13)15(17(20)21)18-16(19)14-10-6-3-7-11-14/h2-12,15H,1H3,(H,18,19)(H,20,21)/t12?,15-/m1/s1. The molecule has 0 saturated carbocycles. The minimum atomic E-state index is -1.05. The van der Waals surface area contributed by atoms with E-state index in [0.717, 1.165) is 5.56 Å². The maximum absolute atomic E-state index is 12.1. The van der Waals surface area contributed by atoms with Crippen LogP contribution in [0.5, 0.6) is 0 Å². The maximum Gasteiger partial charge on any atom is 0.326 e. The second-order valence-electron chi connectivity index (χ2n) is 4.85. The van der Waals surface area contributed by atoms with Gasteiger partial charge in [0.1, 0.15) is 6.04 Å². The normalized spacial score (nSPS) is 13.2. The topological polar surface area (TPSA) is 66.4 Å². The number of benzene rings is 2. The molecule has 4 heteroatoms.